The van der Waals surface area contributed by atoms with Crippen molar-refractivity contribution in [3.05, 3.63) is 65.1 Å². The smallest absolute Gasteiger partial charge is 0.180 e. The maximum atomic E-state index is 10.6. The van der Waals surface area contributed by atoms with E-state index in [0.717, 1.165) is 35.0 Å². The van der Waals surface area contributed by atoms with Crippen molar-refractivity contribution >= 4 is 5.65 Å². The molecule has 1 atom stereocenters. The van der Waals surface area contributed by atoms with Crippen LogP contribution in [-0.2, 0) is 13.0 Å². The van der Waals surface area contributed by atoms with Gasteiger partial charge in [-0.25, -0.2) is 14.5 Å². The lowest BCUT2D eigenvalue weighted by molar-refractivity contribution is 0.167. The lowest BCUT2D eigenvalue weighted by Crippen LogP contribution is -2.05. The summed E-state index contributed by atoms with van der Waals surface area (Å²) in [6, 6.07) is 8.28. The van der Waals surface area contributed by atoms with Gasteiger partial charge < -0.3 is 9.67 Å². The van der Waals surface area contributed by atoms with Gasteiger partial charge in [0.1, 0.15) is 11.9 Å². The summed E-state index contributed by atoms with van der Waals surface area (Å²) < 4.78 is 3.85. The monoisotopic (exact) mass is 346 g/mol. The molecule has 1 N–H and O–H groups in total. The van der Waals surface area contributed by atoms with Gasteiger partial charge in [0, 0.05) is 30.9 Å². The molecule has 1 unspecified atom stereocenters. The van der Waals surface area contributed by atoms with Crippen molar-refractivity contribution < 1.29 is 5.11 Å². The summed E-state index contributed by atoms with van der Waals surface area (Å²) in [5.74, 6) is 1.36. The zero-order valence-corrected chi connectivity index (χ0v) is 14.6. The molecule has 0 aliphatic carbocycles. The number of hydrogen-bond donors (Lipinski definition) is 1. The fraction of sp³-hybridized carbons (Fsp3) is 0.263. The molecule has 5 rings (SSSR count). The highest BCUT2D eigenvalue weighted by atomic mass is 16.3. The number of hydrogen-bond acceptors (Lipinski definition) is 5. The summed E-state index contributed by atoms with van der Waals surface area (Å²) in [6.45, 7) is 4.63. The second-order valence-corrected chi connectivity index (χ2v) is 6.75. The summed E-state index contributed by atoms with van der Waals surface area (Å²) >= 11 is 0. The molecule has 4 aromatic rings. The van der Waals surface area contributed by atoms with Gasteiger partial charge in [-0.2, -0.15) is 0 Å². The van der Waals surface area contributed by atoms with E-state index in [1.807, 2.05) is 32.2 Å². The minimum absolute atomic E-state index is 0.380. The van der Waals surface area contributed by atoms with Crippen molar-refractivity contribution in [2.75, 3.05) is 0 Å². The Kier molecular flexibility index (Phi) is 3.20. The van der Waals surface area contributed by atoms with Gasteiger partial charge in [-0.15, -0.1) is 5.10 Å². The maximum absolute atomic E-state index is 10.6. The summed E-state index contributed by atoms with van der Waals surface area (Å²) in [5, 5.41) is 15.1. The molecule has 3 aromatic heterocycles. The standard InChI is InChI=1S/C19H18N6O/c1-11-8-20-12(2)18-22-17(23-25(11)18)16(26)7-14-10-24-9-13-5-3-4-6-15(13)19(24)21-14/h3-6,8,10,16,26H,7,9H2,1-2H3. The molecule has 0 spiro atoms. The first-order chi connectivity index (χ1) is 12.6. The van der Waals surface area contributed by atoms with Gasteiger partial charge in [0.2, 0.25) is 0 Å². The van der Waals surface area contributed by atoms with Crippen LogP contribution in [-0.4, -0.2) is 34.2 Å². The SMILES string of the molecule is Cc1ncc(C)n2nc(C(O)Cc3cn4c(n3)-c3ccccc3C4)nc12. The van der Waals surface area contributed by atoms with E-state index in [2.05, 4.69) is 31.8 Å². The van der Waals surface area contributed by atoms with Crippen LogP contribution in [0.4, 0.5) is 0 Å². The first-order valence-corrected chi connectivity index (χ1v) is 8.61. The molecule has 0 fully saturated rings. The van der Waals surface area contributed by atoms with E-state index >= 15 is 0 Å². The molecule has 1 aliphatic heterocycles. The third-order valence-corrected chi connectivity index (χ3v) is 4.85. The second-order valence-electron chi connectivity index (χ2n) is 6.75. The second kappa shape index (κ2) is 5.47. The van der Waals surface area contributed by atoms with Crippen molar-refractivity contribution in [3.8, 4) is 11.4 Å². The van der Waals surface area contributed by atoms with Crippen LogP contribution in [0, 0.1) is 13.8 Å². The maximum Gasteiger partial charge on any atom is 0.180 e. The molecule has 0 radical (unpaired) electrons. The van der Waals surface area contributed by atoms with Gasteiger partial charge in [0.05, 0.1) is 17.1 Å². The fourth-order valence-electron chi connectivity index (χ4n) is 3.51. The molecule has 130 valence electrons. The molecule has 7 nitrogen and oxygen atoms in total. The lowest BCUT2D eigenvalue weighted by atomic mass is 10.1. The highest BCUT2D eigenvalue weighted by molar-refractivity contribution is 5.65. The Morgan fingerprint density at radius 1 is 1.19 bits per heavy atom. The van der Waals surface area contributed by atoms with Gasteiger partial charge >= 0.3 is 0 Å². The average Bonchev–Trinajstić information content (AvgIpc) is 3.31. The van der Waals surface area contributed by atoms with Gasteiger partial charge in [-0.05, 0) is 19.4 Å². The molecule has 0 amide bonds. The minimum atomic E-state index is -0.806. The topological polar surface area (TPSA) is 81.1 Å². The zero-order chi connectivity index (χ0) is 17.8. The Morgan fingerprint density at radius 2 is 2.04 bits per heavy atom. The Labute approximate surface area is 150 Å². The molecule has 0 saturated heterocycles. The van der Waals surface area contributed by atoms with Crippen LogP contribution in [0.15, 0.2) is 36.7 Å². The highest BCUT2D eigenvalue weighted by Crippen LogP contribution is 2.31. The van der Waals surface area contributed by atoms with E-state index < -0.39 is 6.10 Å². The molecule has 0 bridgehead atoms. The average molecular weight is 346 g/mol. The first-order valence-electron chi connectivity index (χ1n) is 8.61. The number of aromatic nitrogens is 6. The Morgan fingerprint density at radius 3 is 2.88 bits per heavy atom. The third kappa shape index (κ3) is 2.24. The van der Waals surface area contributed by atoms with Crippen LogP contribution in [0.5, 0.6) is 0 Å². The molecular formula is C19H18N6O. The van der Waals surface area contributed by atoms with Gasteiger partial charge in [-0.3, -0.25) is 4.98 Å². The van der Waals surface area contributed by atoms with E-state index in [1.54, 1.807) is 10.7 Å². The Bertz CT molecular complexity index is 1100. The van der Waals surface area contributed by atoms with E-state index in [1.165, 1.54) is 5.56 Å². The number of fused-ring (bicyclic) bond motifs is 4. The number of benzene rings is 1. The van der Waals surface area contributed by atoms with E-state index in [-0.39, 0.29) is 0 Å². The summed E-state index contributed by atoms with van der Waals surface area (Å²) in [6.07, 6.45) is 3.33. The minimum Gasteiger partial charge on any atom is -0.385 e. The third-order valence-electron chi connectivity index (χ3n) is 4.85. The molecule has 7 heteroatoms. The molecule has 1 aliphatic rings. The number of nitrogens with zero attached hydrogens (tertiary/aromatic N) is 6. The largest absolute Gasteiger partial charge is 0.385 e. The Balaban J connectivity index is 1.45. The molecule has 4 heterocycles. The van der Waals surface area contributed by atoms with Crippen LogP contribution in [0.2, 0.25) is 0 Å². The van der Waals surface area contributed by atoms with Crippen molar-refractivity contribution in [2.45, 2.75) is 32.9 Å². The first kappa shape index (κ1) is 15.2. The van der Waals surface area contributed by atoms with Crippen molar-refractivity contribution in [1.29, 1.82) is 0 Å². The Hall–Kier alpha value is -3.06. The predicted octanol–water partition coefficient (Wildman–Crippen LogP) is 2.24. The number of imidazole rings is 1. The predicted molar refractivity (Wildman–Crippen MR) is 95.7 cm³/mol. The van der Waals surface area contributed by atoms with Crippen LogP contribution in [0.1, 0.15) is 34.6 Å². The summed E-state index contributed by atoms with van der Waals surface area (Å²) in [5.41, 5.74) is 5.64. The van der Waals surface area contributed by atoms with Crippen molar-refractivity contribution in [1.82, 2.24) is 29.1 Å². The number of aliphatic hydroxyl groups is 1. The van der Waals surface area contributed by atoms with Crippen LogP contribution >= 0.6 is 0 Å². The van der Waals surface area contributed by atoms with E-state index in [4.69, 9.17) is 4.98 Å². The summed E-state index contributed by atoms with van der Waals surface area (Å²) in [7, 11) is 0. The number of aliphatic hydroxyl groups excluding tert-OH is 1. The van der Waals surface area contributed by atoms with Gasteiger partial charge in [-0.1, -0.05) is 24.3 Å². The van der Waals surface area contributed by atoms with Gasteiger partial charge in [0.15, 0.2) is 11.5 Å². The lowest BCUT2D eigenvalue weighted by Gasteiger charge is -2.04. The molecule has 26 heavy (non-hydrogen) atoms. The number of aryl methyl sites for hydroxylation is 2. The van der Waals surface area contributed by atoms with Crippen LogP contribution in [0.3, 0.4) is 0 Å². The fourth-order valence-corrected chi connectivity index (χ4v) is 3.51. The van der Waals surface area contributed by atoms with Gasteiger partial charge in [0.25, 0.3) is 0 Å². The summed E-state index contributed by atoms with van der Waals surface area (Å²) in [4.78, 5) is 13.5. The van der Waals surface area contributed by atoms with E-state index in [9.17, 15) is 5.11 Å². The molecular weight excluding hydrogens is 328 g/mol. The molecule has 0 saturated carbocycles. The zero-order valence-electron chi connectivity index (χ0n) is 14.6. The normalized spacial score (nSPS) is 13.8. The molecule has 1 aromatic carbocycles. The van der Waals surface area contributed by atoms with Crippen LogP contribution in [0.25, 0.3) is 17.0 Å². The van der Waals surface area contributed by atoms with E-state index in [0.29, 0.717) is 17.9 Å². The quantitative estimate of drug-likeness (QED) is 0.542. The van der Waals surface area contributed by atoms with Crippen molar-refractivity contribution in [3.63, 3.8) is 0 Å². The number of rotatable bonds is 3. The highest BCUT2D eigenvalue weighted by Gasteiger charge is 2.23. The van der Waals surface area contributed by atoms with Crippen molar-refractivity contribution in [2.24, 2.45) is 0 Å². The van der Waals surface area contributed by atoms with Crippen LogP contribution < -0.4 is 0 Å².